The molecule has 2 aromatic rings. The summed E-state index contributed by atoms with van der Waals surface area (Å²) in [5, 5.41) is 11.4. The van der Waals surface area contributed by atoms with E-state index < -0.39 is 36.1 Å². The number of fused-ring (bicyclic) bond motifs is 3. The van der Waals surface area contributed by atoms with E-state index in [9.17, 15) is 14.4 Å². The molecular weight excluding hydrogens is 386 g/mol. The van der Waals surface area contributed by atoms with Gasteiger partial charge in [-0.1, -0.05) is 48.5 Å². The first-order valence-corrected chi connectivity index (χ1v) is 9.72. The minimum Gasteiger partial charge on any atom is -0.481 e. The fourth-order valence-corrected chi connectivity index (χ4v) is 3.52. The van der Waals surface area contributed by atoms with Crippen LogP contribution in [0.5, 0.6) is 0 Å². The monoisotopic (exact) mass is 411 g/mol. The summed E-state index contributed by atoms with van der Waals surface area (Å²) in [6.45, 7) is 5.06. The second kappa shape index (κ2) is 8.57. The Labute approximate surface area is 175 Å². The van der Waals surface area contributed by atoms with E-state index >= 15 is 0 Å². The van der Waals surface area contributed by atoms with Crippen LogP contribution in [0.25, 0.3) is 11.1 Å². The van der Waals surface area contributed by atoms with Gasteiger partial charge in [-0.15, -0.1) is 0 Å². The molecule has 30 heavy (non-hydrogen) atoms. The fourth-order valence-electron chi connectivity index (χ4n) is 3.52. The van der Waals surface area contributed by atoms with Crippen molar-refractivity contribution < 1.29 is 29.0 Å². The molecule has 7 heteroatoms. The predicted octanol–water partition coefficient (Wildman–Crippen LogP) is 3.71. The molecule has 0 fully saturated rings. The van der Waals surface area contributed by atoms with Gasteiger partial charge in [-0.3, -0.25) is 4.79 Å². The van der Waals surface area contributed by atoms with Crippen molar-refractivity contribution in [3.63, 3.8) is 0 Å². The molecule has 1 atom stereocenters. The number of carboxylic acid groups (broad SMARTS) is 1. The van der Waals surface area contributed by atoms with Crippen LogP contribution in [-0.4, -0.2) is 41.4 Å². The Hall–Kier alpha value is -3.35. The van der Waals surface area contributed by atoms with E-state index in [2.05, 4.69) is 5.32 Å². The molecule has 0 saturated heterocycles. The topological polar surface area (TPSA) is 102 Å². The number of hydrogen-bond donors (Lipinski definition) is 2. The number of carbonyl (C=O) groups excluding carboxylic acids is 2. The molecule has 0 aliphatic heterocycles. The van der Waals surface area contributed by atoms with Gasteiger partial charge < -0.3 is 19.9 Å². The molecule has 1 amide bonds. The van der Waals surface area contributed by atoms with Crippen molar-refractivity contribution >= 4 is 18.0 Å². The number of ether oxygens (including phenoxy) is 2. The third kappa shape index (κ3) is 4.97. The number of hydrogen-bond acceptors (Lipinski definition) is 5. The maximum Gasteiger partial charge on any atom is 0.408 e. The Balaban J connectivity index is 1.72. The third-order valence-electron chi connectivity index (χ3n) is 4.71. The smallest absolute Gasteiger partial charge is 0.408 e. The maximum absolute atomic E-state index is 12.6. The molecule has 2 N–H and O–H groups in total. The molecule has 0 bridgehead atoms. The number of carboxylic acids is 1. The third-order valence-corrected chi connectivity index (χ3v) is 4.71. The van der Waals surface area contributed by atoms with Gasteiger partial charge in [-0.05, 0) is 43.0 Å². The minimum atomic E-state index is -1.34. The predicted molar refractivity (Wildman–Crippen MR) is 110 cm³/mol. The molecule has 7 nitrogen and oxygen atoms in total. The zero-order valence-electron chi connectivity index (χ0n) is 17.2. The van der Waals surface area contributed by atoms with E-state index in [-0.39, 0.29) is 12.5 Å². The SMILES string of the molecule is CC(C)(C)OC(=O)NC(CC(=O)O)C(=O)OCC1c2ccccc2-c2ccccc21. The van der Waals surface area contributed by atoms with Gasteiger partial charge in [-0.2, -0.15) is 0 Å². The van der Waals surface area contributed by atoms with Crippen molar-refractivity contribution in [2.75, 3.05) is 6.61 Å². The van der Waals surface area contributed by atoms with E-state index in [1.807, 2.05) is 48.5 Å². The van der Waals surface area contributed by atoms with Crippen LogP contribution in [0, 0.1) is 0 Å². The molecule has 0 aromatic heterocycles. The summed E-state index contributed by atoms with van der Waals surface area (Å²) in [5.41, 5.74) is 3.48. The van der Waals surface area contributed by atoms with Crippen LogP contribution >= 0.6 is 0 Å². The summed E-state index contributed by atoms with van der Waals surface area (Å²) in [6.07, 6.45) is -1.47. The van der Waals surface area contributed by atoms with Gasteiger partial charge in [0.2, 0.25) is 0 Å². The molecule has 0 heterocycles. The lowest BCUT2D eigenvalue weighted by atomic mass is 9.98. The Morgan fingerprint density at radius 1 is 1.00 bits per heavy atom. The Morgan fingerprint density at radius 2 is 1.53 bits per heavy atom. The molecule has 0 spiro atoms. The number of rotatable bonds is 6. The highest BCUT2D eigenvalue weighted by Gasteiger charge is 2.32. The van der Waals surface area contributed by atoms with Crippen LogP contribution < -0.4 is 5.32 Å². The number of nitrogens with one attached hydrogen (secondary N) is 1. The summed E-state index contributed by atoms with van der Waals surface area (Å²) >= 11 is 0. The summed E-state index contributed by atoms with van der Waals surface area (Å²) in [4.78, 5) is 35.8. The average molecular weight is 411 g/mol. The molecular formula is C23H25NO6. The Bertz CT molecular complexity index is 917. The second-order valence-corrected chi connectivity index (χ2v) is 8.15. The Kier molecular flexibility index (Phi) is 6.10. The van der Waals surface area contributed by atoms with Crippen molar-refractivity contribution in [2.45, 2.75) is 44.8 Å². The second-order valence-electron chi connectivity index (χ2n) is 8.15. The first-order valence-electron chi connectivity index (χ1n) is 9.72. The Morgan fingerprint density at radius 3 is 2.03 bits per heavy atom. The van der Waals surface area contributed by atoms with Crippen LogP contribution in [-0.2, 0) is 19.1 Å². The highest BCUT2D eigenvalue weighted by Crippen LogP contribution is 2.44. The van der Waals surface area contributed by atoms with Crippen LogP contribution in [0.15, 0.2) is 48.5 Å². The molecule has 1 unspecified atom stereocenters. The van der Waals surface area contributed by atoms with Crippen molar-refractivity contribution in [3.8, 4) is 11.1 Å². The quantitative estimate of drug-likeness (QED) is 0.703. The van der Waals surface area contributed by atoms with E-state index in [1.165, 1.54) is 0 Å². The lowest BCUT2D eigenvalue weighted by Crippen LogP contribution is -2.45. The van der Waals surface area contributed by atoms with E-state index in [0.717, 1.165) is 22.3 Å². The largest absolute Gasteiger partial charge is 0.481 e. The fraction of sp³-hybridized carbons (Fsp3) is 0.348. The van der Waals surface area contributed by atoms with Crippen molar-refractivity contribution in [2.24, 2.45) is 0 Å². The molecule has 1 aliphatic rings. The molecule has 2 aromatic carbocycles. The van der Waals surface area contributed by atoms with Crippen molar-refractivity contribution in [1.29, 1.82) is 0 Å². The van der Waals surface area contributed by atoms with Gasteiger partial charge in [0.1, 0.15) is 18.2 Å². The summed E-state index contributed by atoms with van der Waals surface area (Å²) in [7, 11) is 0. The number of carbonyl (C=O) groups is 3. The zero-order chi connectivity index (χ0) is 21.9. The number of aliphatic carboxylic acids is 1. The van der Waals surface area contributed by atoms with Crippen molar-refractivity contribution in [1.82, 2.24) is 5.32 Å². The molecule has 1 aliphatic carbocycles. The molecule has 158 valence electrons. The van der Waals surface area contributed by atoms with Gasteiger partial charge in [0.05, 0.1) is 6.42 Å². The van der Waals surface area contributed by atoms with Crippen LogP contribution in [0.4, 0.5) is 4.79 Å². The van der Waals surface area contributed by atoms with E-state index in [0.29, 0.717) is 0 Å². The average Bonchev–Trinajstić information content (AvgIpc) is 2.98. The highest BCUT2D eigenvalue weighted by atomic mass is 16.6. The van der Waals surface area contributed by atoms with Crippen LogP contribution in [0.2, 0.25) is 0 Å². The first-order chi connectivity index (χ1) is 14.2. The minimum absolute atomic E-state index is 0.0407. The van der Waals surface area contributed by atoms with Gasteiger partial charge in [0.15, 0.2) is 0 Å². The number of esters is 1. The number of alkyl carbamates (subject to hydrolysis) is 1. The van der Waals surface area contributed by atoms with Gasteiger partial charge in [0.25, 0.3) is 0 Å². The highest BCUT2D eigenvalue weighted by molar-refractivity contribution is 5.86. The van der Waals surface area contributed by atoms with E-state index in [4.69, 9.17) is 14.6 Å². The van der Waals surface area contributed by atoms with E-state index in [1.54, 1.807) is 20.8 Å². The number of benzene rings is 2. The number of amides is 1. The zero-order valence-corrected chi connectivity index (χ0v) is 17.2. The molecule has 0 saturated carbocycles. The van der Waals surface area contributed by atoms with Gasteiger partial charge >= 0.3 is 18.0 Å². The summed E-state index contributed by atoms with van der Waals surface area (Å²) in [6, 6.07) is 14.4. The first kappa shape index (κ1) is 21.4. The maximum atomic E-state index is 12.6. The standard InChI is InChI=1S/C23H25NO6/c1-23(2,3)30-22(28)24-19(12-20(25)26)21(27)29-13-18-16-10-6-4-8-14(16)15-9-5-7-11-17(15)18/h4-11,18-19H,12-13H2,1-3H3,(H,24,28)(H,25,26). The molecule has 0 radical (unpaired) electrons. The lowest BCUT2D eigenvalue weighted by Gasteiger charge is -2.23. The summed E-state index contributed by atoms with van der Waals surface area (Å²) < 4.78 is 10.6. The van der Waals surface area contributed by atoms with Gasteiger partial charge in [-0.25, -0.2) is 9.59 Å². The van der Waals surface area contributed by atoms with Crippen molar-refractivity contribution in [3.05, 3.63) is 59.7 Å². The summed E-state index contributed by atoms with van der Waals surface area (Å²) in [5.74, 6) is -2.21. The molecule has 3 rings (SSSR count). The van der Waals surface area contributed by atoms with Gasteiger partial charge in [0, 0.05) is 5.92 Å². The normalized spacial score (nSPS) is 13.7. The lowest BCUT2D eigenvalue weighted by molar-refractivity contribution is -0.150. The van der Waals surface area contributed by atoms with Crippen LogP contribution in [0.1, 0.15) is 44.2 Å². The van der Waals surface area contributed by atoms with Crippen LogP contribution in [0.3, 0.4) is 0 Å².